The normalized spacial score (nSPS) is 12.5. The summed E-state index contributed by atoms with van der Waals surface area (Å²) in [5.74, 6) is 1.69. The zero-order valence-corrected chi connectivity index (χ0v) is 9.46. The number of nitrogens with two attached hydrogens (primary N) is 1. The molecule has 1 amide bonds. The monoisotopic (exact) mass is 210 g/mol. The molecule has 1 aromatic rings. The third kappa shape index (κ3) is 3.09. The third-order valence-corrected chi connectivity index (χ3v) is 2.29. The quantitative estimate of drug-likeness (QED) is 0.789. The van der Waals surface area contributed by atoms with Gasteiger partial charge in [0.15, 0.2) is 0 Å². The number of hydrogen-bond donors (Lipinski definition) is 2. The highest BCUT2D eigenvalue weighted by Gasteiger charge is 2.14. The molecule has 0 bridgehead atoms. The fourth-order valence-corrected chi connectivity index (χ4v) is 1.60. The van der Waals surface area contributed by atoms with Gasteiger partial charge in [-0.2, -0.15) is 0 Å². The van der Waals surface area contributed by atoms with E-state index in [2.05, 4.69) is 5.32 Å². The van der Waals surface area contributed by atoms with Crippen molar-refractivity contribution in [3.05, 3.63) is 23.2 Å². The second-order valence-electron chi connectivity index (χ2n) is 3.70. The molecule has 0 radical (unpaired) electrons. The van der Waals surface area contributed by atoms with Gasteiger partial charge >= 0.3 is 0 Å². The van der Waals surface area contributed by atoms with E-state index in [0.717, 1.165) is 17.1 Å². The minimum absolute atomic E-state index is 0.0248. The highest BCUT2D eigenvalue weighted by atomic mass is 16.3. The van der Waals surface area contributed by atoms with Crippen molar-refractivity contribution < 1.29 is 9.21 Å². The van der Waals surface area contributed by atoms with E-state index >= 15 is 0 Å². The van der Waals surface area contributed by atoms with Gasteiger partial charge in [0.05, 0.1) is 6.04 Å². The molecule has 1 rings (SSSR count). The van der Waals surface area contributed by atoms with Crippen molar-refractivity contribution in [1.82, 2.24) is 5.32 Å². The van der Waals surface area contributed by atoms with Crippen LogP contribution in [0.25, 0.3) is 0 Å². The van der Waals surface area contributed by atoms with Crippen LogP contribution >= 0.6 is 0 Å². The van der Waals surface area contributed by atoms with Crippen molar-refractivity contribution in [3.63, 3.8) is 0 Å². The highest BCUT2D eigenvalue weighted by molar-refractivity contribution is 5.76. The van der Waals surface area contributed by atoms with Crippen molar-refractivity contribution in [2.45, 2.75) is 33.2 Å². The van der Waals surface area contributed by atoms with Crippen LogP contribution in [0.1, 0.15) is 36.5 Å². The maximum atomic E-state index is 11.3. The largest absolute Gasteiger partial charge is 0.466 e. The number of carbonyl (C=O) groups excluding carboxylic acids is 1. The van der Waals surface area contributed by atoms with Crippen LogP contribution in [0.4, 0.5) is 0 Å². The lowest BCUT2D eigenvalue weighted by molar-refractivity contribution is -0.121. The van der Waals surface area contributed by atoms with Gasteiger partial charge < -0.3 is 15.5 Å². The van der Waals surface area contributed by atoms with Gasteiger partial charge in [0.2, 0.25) is 5.91 Å². The number of carbonyl (C=O) groups is 1. The smallest absolute Gasteiger partial charge is 0.221 e. The molecule has 0 saturated carbocycles. The van der Waals surface area contributed by atoms with Crippen molar-refractivity contribution in [1.29, 1.82) is 0 Å². The van der Waals surface area contributed by atoms with Crippen LogP contribution in [-0.2, 0) is 4.79 Å². The van der Waals surface area contributed by atoms with E-state index in [-0.39, 0.29) is 11.9 Å². The first-order valence-electron chi connectivity index (χ1n) is 5.11. The topological polar surface area (TPSA) is 68.3 Å². The Hall–Kier alpha value is -1.29. The maximum Gasteiger partial charge on any atom is 0.221 e. The Morgan fingerprint density at radius 2 is 2.27 bits per heavy atom. The predicted octanol–water partition coefficient (Wildman–Crippen LogP) is 1.42. The fourth-order valence-electron chi connectivity index (χ4n) is 1.60. The van der Waals surface area contributed by atoms with E-state index < -0.39 is 0 Å². The molecule has 4 nitrogen and oxygen atoms in total. The SMILES string of the molecule is Cc1cc(C(C)NC(=O)CCN)c(C)o1. The molecule has 1 aromatic heterocycles. The van der Waals surface area contributed by atoms with E-state index in [4.69, 9.17) is 10.2 Å². The molecule has 1 unspecified atom stereocenters. The summed E-state index contributed by atoms with van der Waals surface area (Å²) in [5.41, 5.74) is 6.32. The summed E-state index contributed by atoms with van der Waals surface area (Å²) in [7, 11) is 0. The van der Waals surface area contributed by atoms with Crippen molar-refractivity contribution >= 4 is 5.91 Å². The third-order valence-electron chi connectivity index (χ3n) is 2.29. The van der Waals surface area contributed by atoms with Crippen LogP contribution in [0.2, 0.25) is 0 Å². The average molecular weight is 210 g/mol. The number of aryl methyl sites for hydroxylation is 2. The van der Waals surface area contributed by atoms with Crippen molar-refractivity contribution in [2.75, 3.05) is 6.54 Å². The summed E-state index contributed by atoms with van der Waals surface area (Å²) in [4.78, 5) is 11.3. The zero-order chi connectivity index (χ0) is 11.4. The number of nitrogens with one attached hydrogen (secondary N) is 1. The highest BCUT2D eigenvalue weighted by Crippen LogP contribution is 2.20. The predicted molar refractivity (Wildman–Crippen MR) is 58.4 cm³/mol. The summed E-state index contributed by atoms with van der Waals surface area (Å²) in [6.45, 7) is 6.10. The molecule has 15 heavy (non-hydrogen) atoms. The maximum absolute atomic E-state index is 11.3. The molecule has 0 aliphatic carbocycles. The lowest BCUT2D eigenvalue weighted by Gasteiger charge is -2.12. The first kappa shape index (κ1) is 11.8. The molecule has 1 heterocycles. The van der Waals surface area contributed by atoms with Gasteiger partial charge in [-0.05, 0) is 26.8 Å². The summed E-state index contributed by atoms with van der Waals surface area (Å²) in [6, 6.07) is 1.92. The summed E-state index contributed by atoms with van der Waals surface area (Å²) >= 11 is 0. The van der Waals surface area contributed by atoms with Gasteiger partial charge in [-0.25, -0.2) is 0 Å². The molecule has 0 aliphatic rings. The van der Waals surface area contributed by atoms with Crippen molar-refractivity contribution in [2.24, 2.45) is 5.73 Å². The van der Waals surface area contributed by atoms with Crippen LogP contribution in [-0.4, -0.2) is 12.5 Å². The van der Waals surface area contributed by atoms with Crippen LogP contribution < -0.4 is 11.1 Å². The molecule has 0 aromatic carbocycles. The van der Waals surface area contributed by atoms with Crippen LogP contribution in [0, 0.1) is 13.8 Å². The van der Waals surface area contributed by atoms with Gasteiger partial charge in [0.1, 0.15) is 11.5 Å². The van der Waals surface area contributed by atoms with E-state index in [0.29, 0.717) is 13.0 Å². The summed E-state index contributed by atoms with van der Waals surface area (Å²) in [5, 5.41) is 2.87. The van der Waals surface area contributed by atoms with Crippen molar-refractivity contribution in [3.8, 4) is 0 Å². The van der Waals surface area contributed by atoms with Gasteiger partial charge in [-0.1, -0.05) is 0 Å². The molecule has 0 spiro atoms. The van der Waals surface area contributed by atoms with E-state index in [9.17, 15) is 4.79 Å². The zero-order valence-electron chi connectivity index (χ0n) is 9.46. The molecule has 3 N–H and O–H groups in total. The number of amides is 1. The first-order chi connectivity index (χ1) is 7.04. The molecule has 84 valence electrons. The minimum atomic E-state index is -0.0264. The molecular formula is C11H18N2O2. The van der Waals surface area contributed by atoms with Crippen LogP contribution in [0.15, 0.2) is 10.5 Å². The Kier molecular flexibility index (Phi) is 3.91. The number of furan rings is 1. The minimum Gasteiger partial charge on any atom is -0.466 e. The van der Waals surface area contributed by atoms with Crippen LogP contribution in [0.5, 0.6) is 0 Å². The Balaban J connectivity index is 2.64. The first-order valence-corrected chi connectivity index (χ1v) is 5.11. The molecule has 0 fully saturated rings. The van der Waals surface area contributed by atoms with E-state index in [1.165, 1.54) is 0 Å². The Morgan fingerprint density at radius 3 is 2.73 bits per heavy atom. The number of hydrogen-bond acceptors (Lipinski definition) is 3. The Labute approximate surface area is 89.8 Å². The van der Waals surface area contributed by atoms with Gasteiger partial charge in [0.25, 0.3) is 0 Å². The Morgan fingerprint density at radius 1 is 1.60 bits per heavy atom. The number of rotatable bonds is 4. The average Bonchev–Trinajstić information content (AvgIpc) is 2.45. The second-order valence-corrected chi connectivity index (χ2v) is 3.70. The Bertz CT molecular complexity index is 344. The fraction of sp³-hybridized carbons (Fsp3) is 0.545. The second kappa shape index (κ2) is 4.98. The van der Waals surface area contributed by atoms with Gasteiger partial charge in [-0.3, -0.25) is 4.79 Å². The van der Waals surface area contributed by atoms with E-state index in [1.807, 2.05) is 26.8 Å². The summed E-state index contributed by atoms with van der Waals surface area (Å²) in [6.07, 6.45) is 0.361. The lowest BCUT2D eigenvalue weighted by Crippen LogP contribution is -2.28. The molecule has 0 aliphatic heterocycles. The molecular weight excluding hydrogens is 192 g/mol. The van der Waals surface area contributed by atoms with E-state index in [1.54, 1.807) is 0 Å². The lowest BCUT2D eigenvalue weighted by atomic mass is 10.1. The summed E-state index contributed by atoms with van der Waals surface area (Å²) < 4.78 is 5.40. The molecule has 4 heteroatoms. The molecule has 1 atom stereocenters. The van der Waals surface area contributed by atoms with Crippen LogP contribution in [0.3, 0.4) is 0 Å². The van der Waals surface area contributed by atoms with Gasteiger partial charge in [0, 0.05) is 18.5 Å². The van der Waals surface area contributed by atoms with Gasteiger partial charge in [-0.15, -0.1) is 0 Å². The molecule has 0 saturated heterocycles. The standard InChI is InChI=1S/C11H18N2O2/c1-7-6-10(9(3)15-7)8(2)13-11(14)4-5-12/h6,8H,4-5,12H2,1-3H3,(H,13,14).